The Morgan fingerprint density at radius 1 is 0.433 bits per heavy atom. The summed E-state index contributed by atoms with van der Waals surface area (Å²) in [4.78, 5) is 45.0. The predicted molar refractivity (Wildman–Crippen MR) is 451 cm³/mol. The fourth-order valence-electron chi connectivity index (χ4n) is 13.4. The first-order chi connectivity index (χ1) is 55.6. The number of hydrogen-bond donors (Lipinski definition) is 9. The summed E-state index contributed by atoms with van der Waals surface area (Å²) in [5.74, 6) is -5.70. The van der Waals surface area contributed by atoms with E-state index in [4.69, 9.17) is 51.9 Å². The van der Waals surface area contributed by atoms with Crippen LogP contribution in [0.15, 0.2) is 180 Å². The summed E-state index contributed by atoms with van der Waals surface area (Å²) >= 11 is 6.45. The molecule has 120 heavy (non-hydrogen) atoms. The fraction of sp³-hybridized carbons (Fsp3) is 0.425. The van der Waals surface area contributed by atoms with Gasteiger partial charge in [0, 0.05) is 91.2 Å². The van der Waals surface area contributed by atoms with Gasteiger partial charge in [0.25, 0.3) is 9.05 Å². The Morgan fingerprint density at radius 3 is 0.983 bits per heavy atom. The van der Waals surface area contributed by atoms with E-state index in [-0.39, 0.29) is 152 Å². The molecule has 11 N–H and O–H groups in total. The minimum absolute atomic E-state index is 0. The van der Waals surface area contributed by atoms with Gasteiger partial charge in [0.2, 0.25) is 30.1 Å². The molecular formula is C80H101AlBBr2ClF6LiN5O19S4. The Hall–Kier alpha value is -6.08. The van der Waals surface area contributed by atoms with Crippen molar-refractivity contribution < 1.29 is 134 Å². The van der Waals surface area contributed by atoms with Crippen LogP contribution >= 0.6 is 42.5 Å². The molecule has 7 aromatic carbocycles. The van der Waals surface area contributed by atoms with E-state index >= 15 is 0 Å². The van der Waals surface area contributed by atoms with Crippen LogP contribution in [0.5, 0.6) is 0 Å². The van der Waals surface area contributed by atoms with E-state index in [1.165, 1.54) is 94.1 Å². The summed E-state index contributed by atoms with van der Waals surface area (Å²) in [7, 11) is -7.14. The van der Waals surface area contributed by atoms with Crippen LogP contribution in [-0.2, 0) is 72.5 Å². The van der Waals surface area contributed by atoms with Crippen LogP contribution in [0.25, 0.3) is 22.3 Å². The molecule has 0 bridgehead atoms. The van der Waals surface area contributed by atoms with Crippen LogP contribution in [0.1, 0.15) is 130 Å². The van der Waals surface area contributed by atoms with E-state index in [0.717, 1.165) is 110 Å². The standard InChI is InChI=1S/C20H21F2NO4S.C19H21F2NO3S.C14H18BrNO4S.C8H15NO2.C7H13NO2.C6H5BF2O2.C6H4BrClO2S.Al.Li.4H/c1-27-20(24)14-2-7-16(8-3-14)23-28(25,26)17-9-4-13(5-10-17)18-11-6-15(21)12-19(18)22;20-15-5-10-18(19(21)11-15)14-3-8-17(9-4-14)26(24,25)22-16-6-1-13(12-23)2-7-16;1-20-14(17)10-2-6-12(7-3-10)16-21(18,19)13-8-4-11(15)5-9-13;1-11-8(10)6-2-4-7(9)5-3-6;8-6-3-1-5(2-4-6)7(9)10;8-4-1-2-5(7(10)11)6(9)3-4;7-5-1-3-6(4-2-5)11(8,9)10;;;;;;/h4-6,9-12,14,16,23H,2-3,7-8H2,1H3;3-5,8-11,13,16,22-23H,1-2,6-7,12H2;4-5,8-10,12,16H,2-3,6-7H2,1H3;6-7H,2-5,9H2,1H3;5-6H,1-4,8H2,(H,9,10);1-3,10-11H;1-4H;;;;;;/q;;;;;;;;+1;;;;-1. The molecule has 0 aromatic heterocycles. The van der Waals surface area contributed by atoms with Crippen molar-refractivity contribution in [2.24, 2.45) is 41.1 Å². The number of nitrogens with one attached hydrogen (secondary N) is 3. The Kier molecular flexibility index (Phi) is 45.5. The third-order valence-corrected chi connectivity index (χ3v) is 27.3. The van der Waals surface area contributed by atoms with Gasteiger partial charge in [-0.25, -0.2) is 74.2 Å². The molecule has 0 heterocycles. The number of benzene rings is 7. The summed E-state index contributed by atoms with van der Waals surface area (Å²) in [6.45, 7) is 0.140. The molecule has 0 aliphatic heterocycles. The van der Waals surface area contributed by atoms with E-state index < -0.39 is 87.1 Å². The second-order valence-electron chi connectivity index (χ2n) is 28.7. The van der Waals surface area contributed by atoms with Crippen LogP contribution < -0.4 is 50.0 Å². The molecular weight excluding hydrogens is 1820 g/mol. The zero-order valence-corrected chi connectivity index (χ0v) is 72.9. The number of carbonyl (C=O) groups is 4. The zero-order valence-electron chi connectivity index (χ0n) is 66.7. The smallest absolute Gasteiger partial charge is 1.00 e. The van der Waals surface area contributed by atoms with Crippen molar-refractivity contribution in [2.45, 2.75) is 178 Å². The second kappa shape index (κ2) is 51.4. The van der Waals surface area contributed by atoms with Gasteiger partial charge in [-0.15, -0.1) is 0 Å². The molecule has 5 aliphatic carbocycles. The number of methoxy groups -OCH3 is 3. The number of carboxylic acid groups (broad SMARTS) is 1. The summed E-state index contributed by atoms with van der Waals surface area (Å²) in [6.07, 6.45) is 14.8. The van der Waals surface area contributed by atoms with Crippen LogP contribution in [0.2, 0.25) is 0 Å². The van der Waals surface area contributed by atoms with Gasteiger partial charge in [-0.3, -0.25) is 19.2 Å². The van der Waals surface area contributed by atoms with Crippen molar-refractivity contribution in [2.75, 3.05) is 27.9 Å². The predicted octanol–water partition coefficient (Wildman–Crippen LogP) is 8.78. The number of ether oxygens (including phenoxy) is 3. The number of aliphatic carboxylic acids is 1. The maximum atomic E-state index is 13.9. The van der Waals surface area contributed by atoms with Gasteiger partial charge < -0.3 is 47.4 Å². The number of aliphatic hydroxyl groups is 1. The van der Waals surface area contributed by atoms with Crippen molar-refractivity contribution in [3.63, 3.8) is 0 Å². The van der Waals surface area contributed by atoms with Gasteiger partial charge >= 0.3 is 49.9 Å². The van der Waals surface area contributed by atoms with Crippen LogP contribution in [0, 0.1) is 64.5 Å². The molecule has 24 nitrogen and oxygen atoms in total. The van der Waals surface area contributed by atoms with Gasteiger partial charge in [-0.05, 0) is 249 Å². The van der Waals surface area contributed by atoms with E-state index in [1.54, 1.807) is 36.4 Å². The third-order valence-electron chi connectivity index (χ3n) is 20.3. The Bertz CT molecular complexity index is 4900. The molecule has 0 saturated heterocycles. The summed E-state index contributed by atoms with van der Waals surface area (Å²) in [5, 5.41) is 34.7. The molecule has 0 amide bonds. The molecule has 40 heteroatoms. The SMILES string of the molecule is COC(=O)C1CCC(N)CC1.COC(=O)C1CCC(NS(=O)(=O)c2ccc(-c3ccc(F)cc3F)cc2)CC1.COC(=O)C1CCC(NS(=O)(=O)c2ccc(Br)cc2)CC1.NC1CCC(C(=O)O)CC1.O=S(=O)(Cl)c1ccc(Br)cc1.O=S(=O)(NC1CCC(CO)CC1)c1ccc(-c2ccc(F)cc2F)cc1.OB(O)c1ccc(F)cc1F.[AlH3].[H-].[Li+]. The van der Waals surface area contributed by atoms with Gasteiger partial charge in [0.05, 0.1) is 64.6 Å². The molecule has 654 valence electrons. The van der Waals surface area contributed by atoms with Gasteiger partial charge in [-0.1, -0.05) is 62.2 Å². The third kappa shape index (κ3) is 35.2. The van der Waals surface area contributed by atoms with Gasteiger partial charge in [0.1, 0.15) is 34.9 Å². The Labute approximate surface area is 742 Å². The Balaban J connectivity index is 0.000000377. The average molecular weight is 1920 g/mol. The number of sulfonamides is 3. The molecule has 0 unspecified atom stereocenters. The van der Waals surface area contributed by atoms with Crippen LogP contribution in [-0.4, -0.2) is 160 Å². The average Bonchev–Trinajstić information content (AvgIpc) is 0.803. The largest absolute Gasteiger partial charge is 1.00 e. The van der Waals surface area contributed by atoms with Crippen molar-refractivity contribution >= 4 is 135 Å². The maximum Gasteiger partial charge on any atom is 1.00 e. The number of hydrogen-bond acceptors (Lipinski definition) is 20. The molecule has 5 aliphatic rings. The molecule has 5 fully saturated rings. The molecule has 0 radical (unpaired) electrons. The summed E-state index contributed by atoms with van der Waals surface area (Å²) < 4.78 is 199. The van der Waals surface area contributed by atoms with Crippen molar-refractivity contribution in [1.82, 2.24) is 14.2 Å². The van der Waals surface area contributed by atoms with E-state index in [1.807, 2.05) is 0 Å². The first kappa shape index (κ1) is 106. The van der Waals surface area contributed by atoms with Crippen molar-refractivity contribution in [3.8, 4) is 22.3 Å². The van der Waals surface area contributed by atoms with Crippen LogP contribution in [0.4, 0.5) is 26.3 Å². The second-order valence-corrected chi connectivity index (χ2v) is 38.2. The topological polar surface area (TPSA) is 402 Å². The van der Waals surface area contributed by atoms with Gasteiger partial charge in [0.15, 0.2) is 17.4 Å². The fourth-order valence-corrected chi connectivity index (χ4v) is 18.6. The van der Waals surface area contributed by atoms with Crippen LogP contribution in [0.3, 0.4) is 0 Å². The van der Waals surface area contributed by atoms with E-state index in [0.29, 0.717) is 87.4 Å². The minimum atomic E-state index is -3.74. The molecule has 0 spiro atoms. The zero-order chi connectivity index (χ0) is 87.2. The number of esters is 3. The van der Waals surface area contributed by atoms with Gasteiger partial charge in [-0.2, -0.15) is 0 Å². The maximum absolute atomic E-state index is 13.9. The normalized spacial score (nSPS) is 20.8. The Morgan fingerprint density at radius 2 is 0.708 bits per heavy atom. The number of rotatable bonds is 18. The number of halogens is 9. The molecule has 0 atom stereocenters. The van der Waals surface area contributed by atoms with E-state index in [9.17, 15) is 79.2 Å². The minimum Gasteiger partial charge on any atom is -1.00 e. The number of carboxylic acids is 1. The molecule has 7 aromatic rings. The quantitative estimate of drug-likeness (QED) is 0.0127. The molecule has 5 saturated carbocycles. The number of carbonyl (C=O) groups excluding carboxylic acids is 3. The first-order valence-electron chi connectivity index (χ1n) is 37.7. The monoisotopic (exact) mass is 1920 g/mol. The number of nitrogens with two attached hydrogens (primary N) is 2. The van der Waals surface area contributed by atoms with E-state index in [2.05, 4.69) is 50.8 Å². The first-order valence-corrected chi connectivity index (χ1v) is 46.0. The molecule has 12 rings (SSSR count). The summed E-state index contributed by atoms with van der Waals surface area (Å²) in [6, 6.07) is 33.3. The summed E-state index contributed by atoms with van der Waals surface area (Å²) in [5.41, 5.74) is 12.3. The van der Waals surface area contributed by atoms with Crippen molar-refractivity contribution in [1.29, 1.82) is 0 Å². The van der Waals surface area contributed by atoms with Crippen molar-refractivity contribution in [3.05, 3.63) is 196 Å². The number of aliphatic hydroxyl groups excluding tert-OH is 1.